The molecule has 8 heteroatoms. The maximum absolute atomic E-state index is 13.3. The molecule has 1 saturated heterocycles. The highest BCUT2D eigenvalue weighted by atomic mass is 32.2. The monoisotopic (exact) mass is 394 g/mol. The second kappa shape index (κ2) is 8.47. The van der Waals surface area contributed by atoms with E-state index in [1.165, 1.54) is 24.3 Å². The number of carbonyl (C=O) groups excluding carboxylic acids is 2. The lowest BCUT2D eigenvalue weighted by atomic mass is 10.1. The van der Waals surface area contributed by atoms with Crippen LogP contribution in [0.15, 0.2) is 47.4 Å². The van der Waals surface area contributed by atoms with Crippen molar-refractivity contribution >= 4 is 23.6 Å². The van der Waals surface area contributed by atoms with E-state index in [0.29, 0.717) is 31.1 Å². The summed E-state index contributed by atoms with van der Waals surface area (Å²) in [5.41, 5.74) is 0.281. The molecule has 0 aliphatic carbocycles. The SMILES string of the molecule is O=C(CSc1ccc(F)c(F)c1)N1CCN(C(=O)c2cccc(F)c2)CC1. The van der Waals surface area contributed by atoms with Gasteiger partial charge in [0.25, 0.3) is 5.91 Å². The quantitative estimate of drug-likeness (QED) is 0.748. The second-order valence-corrected chi connectivity index (χ2v) is 7.10. The molecular weight excluding hydrogens is 377 g/mol. The van der Waals surface area contributed by atoms with Gasteiger partial charge in [0.15, 0.2) is 11.6 Å². The predicted octanol–water partition coefficient (Wildman–Crippen LogP) is 3.18. The Hall–Kier alpha value is -2.48. The van der Waals surface area contributed by atoms with Gasteiger partial charge in [0.1, 0.15) is 5.82 Å². The van der Waals surface area contributed by atoms with Crippen LogP contribution in [0.5, 0.6) is 0 Å². The zero-order valence-electron chi connectivity index (χ0n) is 14.3. The van der Waals surface area contributed by atoms with Crippen LogP contribution in [0, 0.1) is 17.5 Å². The summed E-state index contributed by atoms with van der Waals surface area (Å²) >= 11 is 1.13. The maximum Gasteiger partial charge on any atom is 0.254 e. The zero-order valence-corrected chi connectivity index (χ0v) is 15.1. The van der Waals surface area contributed by atoms with Crippen LogP contribution >= 0.6 is 11.8 Å². The van der Waals surface area contributed by atoms with Crippen LogP contribution in [0.2, 0.25) is 0 Å². The maximum atomic E-state index is 13.3. The molecule has 4 nitrogen and oxygen atoms in total. The van der Waals surface area contributed by atoms with E-state index >= 15 is 0 Å². The third-order valence-electron chi connectivity index (χ3n) is 4.24. The average Bonchev–Trinajstić information content (AvgIpc) is 2.68. The number of nitrogens with zero attached hydrogens (tertiary/aromatic N) is 2. The van der Waals surface area contributed by atoms with Gasteiger partial charge in [-0.25, -0.2) is 13.2 Å². The molecule has 142 valence electrons. The van der Waals surface area contributed by atoms with E-state index in [1.807, 2.05) is 0 Å². The molecule has 3 rings (SSSR count). The van der Waals surface area contributed by atoms with E-state index in [9.17, 15) is 22.8 Å². The Bertz CT molecular complexity index is 855. The predicted molar refractivity (Wildman–Crippen MR) is 96.0 cm³/mol. The Labute approximate surface area is 158 Å². The van der Waals surface area contributed by atoms with Crippen molar-refractivity contribution in [2.75, 3.05) is 31.9 Å². The summed E-state index contributed by atoms with van der Waals surface area (Å²) < 4.78 is 39.4. The number of amides is 2. The molecule has 0 unspecified atom stereocenters. The van der Waals surface area contributed by atoms with Crippen LogP contribution in [0.3, 0.4) is 0 Å². The first kappa shape index (κ1) is 19.3. The van der Waals surface area contributed by atoms with Crippen molar-refractivity contribution < 1.29 is 22.8 Å². The number of hydrogen-bond donors (Lipinski definition) is 0. The van der Waals surface area contributed by atoms with E-state index in [0.717, 1.165) is 23.9 Å². The molecule has 1 aliphatic rings. The fourth-order valence-corrected chi connectivity index (χ4v) is 3.59. The Kier molecular flexibility index (Phi) is 6.05. The first-order chi connectivity index (χ1) is 12.9. The summed E-state index contributed by atoms with van der Waals surface area (Å²) in [7, 11) is 0. The minimum atomic E-state index is -0.947. The summed E-state index contributed by atoms with van der Waals surface area (Å²) in [4.78, 5) is 28.4. The highest BCUT2D eigenvalue weighted by Crippen LogP contribution is 2.21. The lowest BCUT2D eigenvalue weighted by molar-refractivity contribution is -0.129. The third kappa shape index (κ3) is 4.82. The van der Waals surface area contributed by atoms with Gasteiger partial charge >= 0.3 is 0 Å². The number of halogens is 3. The summed E-state index contributed by atoms with van der Waals surface area (Å²) in [6.45, 7) is 1.46. The van der Waals surface area contributed by atoms with Gasteiger partial charge in [-0.3, -0.25) is 9.59 Å². The molecule has 0 saturated carbocycles. The van der Waals surface area contributed by atoms with Crippen LogP contribution in [-0.2, 0) is 4.79 Å². The number of carbonyl (C=O) groups is 2. The van der Waals surface area contributed by atoms with Gasteiger partial charge in [-0.15, -0.1) is 11.8 Å². The largest absolute Gasteiger partial charge is 0.338 e. The Morgan fingerprint density at radius 2 is 1.59 bits per heavy atom. The van der Waals surface area contributed by atoms with Crippen molar-refractivity contribution in [3.63, 3.8) is 0 Å². The Balaban J connectivity index is 1.50. The van der Waals surface area contributed by atoms with Crippen LogP contribution in [0.1, 0.15) is 10.4 Å². The number of thioether (sulfide) groups is 1. The molecule has 2 aromatic carbocycles. The smallest absolute Gasteiger partial charge is 0.254 e. The van der Waals surface area contributed by atoms with Crippen molar-refractivity contribution in [2.45, 2.75) is 4.90 Å². The molecule has 2 aromatic rings. The second-order valence-electron chi connectivity index (χ2n) is 6.05. The lowest BCUT2D eigenvalue weighted by Gasteiger charge is -2.34. The van der Waals surface area contributed by atoms with Gasteiger partial charge in [0, 0.05) is 36.6 Å². The van der Waals surface area contributed by atoms with Crippen molar-refractivity contribution in [1.82, 2.24) is 9.80 Å². The van der Waals surface area contributed by atoms with Gasteiger partial charge in [-0.2, -0.15) is 0 Å². The first-order valence-corrected chi connectivity index (χ1v) is 9.33. The number of hydrogen-bond acceptors (Lipinski definition) is 3. The molecule has 0 aromatic heterocycles. The van der Waals surface area contributed by atoms with E-state index < -0.39 is 17.5 Å². The number of benzene rings is 2. The Morgan fingerprint density at radius 3 is 2.26 bits per heavy atom. The van der Waals surface area contributed by atoms with Crippen LogP contribution < -0.4 is 0 Å². The highest BCUT2D eigenvalue weighted by molar-refractivity contribution is 8.00. The molecule has 1 fully saturated rings. The van der Waals surface area contributed by atoms with Crippen LogP contribution in [-0.4, -0.2) is 53.5 Å². The van der Waals surface area contributed by atoms with Crippen LogP contribution in [0.4, 0.5) is 13.2 Å². The summed E-state index contributed by atoms with van der Waals surface area (Å²) in [5.74, 6) is -2.64. The molecule has 0 atom stereocenters. The van der Waals surface area contributed by atoms with Gasteiger partial charge in [-0.1, -0.05) is 6.07 Å². The molecular formula is C19H17F3N2O2S. The number of piperazine rings is 1. The molecule has 0 N–H and O–H groups in total. The lowest BCUT2D eigenvalue weighted by Crippen LogP contribution is -2.51. The molecule has 0 bridgehead atoms. The van der Waals surface area contributed by atoms with Gasteiger partial charge in [0.2, 0.25) is 5.91 Å². The minimum absolute atomic E-state index is 0.100. The van der Waals surface area contributed by atoms with Crippen molar-refractivity contribution in [3.05, 3.63) is 65.5 Å². The molecule has 1 heterocycles. The highest BCUT2D eigenvalue weighted by Gasteiger charge is 2.25. The molecule has 27 heavy (non-hydrogen) atoms. The summed E-state index contributed by atoms with van der Waals surface area (Å²) in [6.07, 6.45) is 0. The summed E-state index contributed by atoms with van der Waals surface area (Å²) in [6, 6.07) is 9.02. The van der Waals surface area contributed by atoms with Gasteiger partial charge in [-0.05, 0) is 36.4 Å². The topological polar surface area (TPSA) is 40.6 Å². The average molecular weight is 394 g/mol. The standard InChI is InChI=1S/C19H17F3N2O2S/c20-14-3-1-2-13(10-14)19(26)24-8-6-23(7-9-24)18(25)12-27-15-4-5-16(21)17(22)11-15/h1-5,10-11H,6-9,12H2. The van der Waals surface area contributed by atoms with E-state index in [1.54, 1.807) is 15.9 Å². The fraction of sp³-hybridized carbons (Fsp3) is 0.263. The van der Waals surface area contributed by atoms with Gasteiger partial charge in [0.05, 0.1) is 5.75 Å². The molecule has 0 spiro atoms. The van der Waals surface area contributed by atoms with Crippen molar-refractivity contribution in [2.24, 2.45) is 0 Å². The van der Waals surface area contributed by atoms with Crippen LogP contribution in [0.25, 0.3) is 0 Å². The zero-order chi connectivity index (χ0) is 19.4. The minimum Gasteiger partial charge on any atom is -0.338 e. The van der Waals surface area contributed by atoms with Gasteiger partial charge < -0.3 is 9.80 Å². The van der Waals surface area contributed by atoms with E-state index in [4.69, 9.17) is 0 Å². The van der Waals surface area contributed by atoms with E-state index in [2.05, 4.69) is 0 Å². The third-order valence-corrected chi connectivity index (χ3v) is 5.22. The fourth-order valence-electron chi connectivity index (χ4n) is 2.77. The van der Waals surface area contributed by atoms with Crippen molar-refractivity contribution in [1.29, 1.82) is 0 Å². The van der Waals surface area contributed by atoms with Crippen molar-refractivity contribution in [3.8, 4) is 0 Å². The molecule has 1 aliphatic heterocycles. The molecule has 2 amide bonds. The van der Waals surface area contributed by atoms with E-state index in [-0.39, 0.29) is 23.1 Å². The normalized spacial score (nSPS) is 14.3. The first-order valence-electron chi connectivity index (χ1n) is 8.34. The molecule has 0 radical (unpaired) electrons. The Morgan fingerprint density at radius 1 is 0.889 bits per heavy atom. The number of rotatable bonds is 4. The summed E-state index contributed by atoms with van der Waals surface area (Å²) in [5, 5.41) is 0.